The van der Waals surface area contributed by atoms with Crippen LogP contribution in [-0.4, -0.2) is 18.0 Å². The highest BCUT2D eigenvalue weighted by molar-refractivity contribution is 5.92. The molecular formula is C16H17NO4. The van der Waals surface area contributed by atoms with E-state index in [1.54, 1.807) is 30.3 Å². The standard InChI is InChI=1S/C16H17NO4/c1-11-5-3-6-13(9-11)16(19)21-12(2)15(18)17-10-14-7-4-8-20-14/h3-9,12H,10H2,1-2H3,(H,17,18). The predicted octanol–water partition coefficient (Wildman–Crippen LogP) is 2.45. The van der Waals surface area contributed by atoms with E-state index >= 15 is 0 Å². The Morgan fingerprint density at radius 2 is 2.10 bits per heavy atom. The first-order valence-electron chi connectivity index (χ1n) is 6.64. The normalized spacial score (nSPS) is 11.7. The second kappa shape index (κ2) is 6.74. The maximum Gasteiger partial charge on any atom is 0.338 e. The lowest BCUT2D eigenvalue weighted by Crippen LogP contribution is -2.35. The highest BCUT2D eigenvalue weighted by atomic mass is 16.5. The Labute approximate surface area is 122 Å². The summed E-state index contributed by atoms with van der Waals surface area (Å²) in [7, 11) is 0. The molecule has 5 heteroatoms. The lowest BCUT2D eigenvalue weighted by molar-refractivity contribution is -0.129. The lowest BCUT2D eigenvalue weighted by atomic mass is 10.1. The van der Waals surface area contributed by atoms with Crippen molar-refractivity contribution in [1.29, 1.82) is 0 Å². The van der Waals surface area contributed by atoms with Crippen LogP contribution in [0.15, 0.2) is 47.1 Å². The molecule has 2 aromatic rings. The molecule has 1 atom stereocenters. The van der Waals surface area contributed by atoms with Crippen molar-refractivity contribution in [3.8, 4) is 0 Å². The highest BCUT2D eigenvalue weighted by Crippen LogP contribution is 2.07. The molecule has 110 valence electrons. The van der Waals surface area contributed by atoms with E-state index in [0.717, 1.165) is 5.56 Å². The number of carbonyl (C=O) groups is 2. The van der Waals surface area contributed by atoms with Gasteiger partial charge in [0.25, 0.3) is 5.91 Å². The first kappa shape index (κ1) is 14.8. The quantitative estimate of drug-likeness (QED) is 0.858. The van der Waals surface area contributed by atoms with E-state index in [9.17, 15) is 9.59 Å². The monoisotopic (exact) mass is 287 g/mol. The van der Waals surface area contributed by atoms with Crippen molar-refractivity contribution in [2.24, 2.45) is 0 Å². The first-order valence-corrected chi connectivity index (χ1v) is 6.64. The first-order chi connectivity index (χ1) is 10.1. The number of carbonyl (C=O) groups excluding carboxylic acids is 2. The molecule has 0 aliphatic heterocycles. The van der Waals surface area contributed by atoms with Gasteiger partial charge in [0.2, 0.25) is 0 Å². The molecule has 0 bridgehead atoms. The molecule has 2 rings (SSSR count). The molecule has 0 saturated heterocycles. The van der Waals surface area contributed by atoms with Gasteiger partial charge >= 0.3 is 5.97 Å². The van der Waals surface area contributed by atoms with Crippen LogP contribution in [0.5, 0.6) is 0 Å². The third kappa shape index (κ3) is 4.21. The van der Waals surface area contributed by atoms with Crippen molar-refractivity contribution >= 4 is 11.9 Å². The summed E-state index contributed by atoms with van der Waals surface area (Å²) in [5, 5.41) is 2.64. The molecule has 1 unspecified atom stereocenters. The van der Waals surface area contributed by atoms with Crippen LogP contribution in [0.3, 0.4) is 0 Å². The minimum atomic E-state index is -0.868. The molecule has 0 radical (unpaired) electrons. The molecule has 1 aromatic carbocycles. The molecule has 5 nitrogen and oxygen atoms in total. The summed E-state index contributed by atoms with van der Waals surface area (Å²) >= 11 is 0. The van der Waals surface area contributed by atoms with E-state index in [2.05, 4.69) is 5.32 Å². The Kier molecular flexibility index (Phi) is 4.77. The fourth-order valence-corrected chi connectivity index (χ4v) is 1.79. The van der Waals surface area contributed by atoms with E-state index < -0.39 is 12.1 Å². The van der Waals surface area contributed by atoms with Crippen LogP contribution < -0.4 is 5.32 Å². The average molecular weight is 287 g/mol. The van der Waals surface area contributed by atoms with E-state index in [4.69, 9.17) is 9.15 Å². The number of esters is 1. The molecule has 0 saturated carbocycles. The van der Waals surface area contributed by atoms with Gasteiger partial charge in [-0.1, -0.05) is 17.7 Å². The van der Waals surface area contributed by atoms with E-state index in [1.807, 2.05) is 13.0 Å². The van der Waals surface area contributed by atoms with Gasteiger partial charge in [-0.25, -0.2) is 4.79 Å². The zero-order valence-corrected chi connectivity index (χ0v) is 12.0. The summed E-state index contributed by atoms with van der Waals surface area (Å²) in [6, 6.07) is 10.5. The van der Waals surface area contributed by atoms with Crippen LogP contribution in [0.4, 0.5) is 0 Å². The Morgan fingerprint density at radius 1 is 1.29 bits per heavy atom. The third-order valence-electron chi connectivity index (χ3n) is 2.92. The van der Waals surface area contributed by atoms with E-state index in [0.29, 0.717) is 11.3 Å². The topological polar surface area (TPSA) is 68.5 Å². The fraction of sp³-hybridized carbons (Fsp3) is 0.250. The second-order valence-corrected chi connectivity index (χ2v) is 4.71. The number of aryl methyl sites for hydroxylation is 1. The van der Waals surface area contributed by atoms with Crippen molar-refractivity contribution < 1.29 is 18.7 Å². The SMILES string of the molecule is Cc1cccc(C(=O)OC(C)C(=O)NCc2ccco2)c1. The van der Waals surface area contributed by atoms with Crippen LogP contribution in [0, 0.1) is 6.92 Å². The fourth-order valence-electron chi connectivity index (χ4n) is 1.79. The summed E-state index contributed by atoms with van der Waals surface area (Å²) in [6.07, 6.45) is 0.663. The summed E-state index contributed by atoms with van der Waals surface area (Å²) in [6.45, 7) is 3.68. The van der Waals surface area contributed by atoms with Crippen molar-refractivity contribution in [2.75, 3.05) is 0 Å². The Hall–Kier alpha value is -2.56. The van der Waals surface area contributed by atoms with Crippen LogP contribution in [0.1, 0.15) is 28.6 Å². The molecule has 1 aromatic heterocycles. The summed E-state index contributed by atoms with van der Waals surface area (Å²) in [5.74, 6) is -0.243. The summed E-state index contributed by atoms with van der Waals surface area (Å²) < 4.78 is 10.2. The maximum atomic E-state index is 11.9. The minimum absolute atomic E-state index is 0.262. The van der Waals surface area contributed by atoms with Gasteiger partial charge in [-0.3, -0.25) is 4.79 Å². The molecular weight excluding hydrogens is 270 g/mol. The Balaban J connectivity index is 1.86. The van der Waals surface area contributed by atoms with Gasteiger partial charge in [-0.2, -0.15) is 0 Å². The zero-order chi connectivity index (χ0) is 15.2. The van der Waals surface area contributed by atoms with Gasteiger partial charge in [0.15, 0.2) is 6.10 Å². The number of furan rings is 1. The van der Waals surface area contributed by atoms with Crippen molar-refractivity contribution in [2.45, 2.75) is 26.5 Å². The molecule has 0 aliphatic carbocycles. The predicted molar refractivity (Wildman–Crippen MR) is 76.6 cm³/mol. The summed E-state index contributed by atoms with van der Waals surface area (Å²) in [4.78, 5) is 23.8. The largest absolute Gasteiger partial charge is 0.467 e. The van der Waals surface area contributed by atoms with Gasteiger partial charge < -0.3 is 14.5 Å². The average Bonchev–Trinajstić information content (AvgIpc) is 2.97. The maximum absolute atomic E-state index is 11.9. The zero-order valence-electron chi connectivity index (χ0n) is 12.0. The number of rotatable bonds is 5. The molecule has 21 heavy (non-hydrogen) atoms. The van der Waals surface area contributed by atoms with E-state index in [1.165, 1.54) is 13.2 Å². The minimum Gasteiger partial charge on any atom is -0.467 e. The van der Waals surface area contributed by atoms with Gasteiger partial charge in [0.1, 0.15) is 5.76 Å². The van der Waals surface area contributed by atoms with Gasteiger partial charge in [0, 0.05) is 0 Å². The molecule has 0 spiro atoms. The number of amides is 1. The molecule has 1 heterocycles. The number of hydrogen-bond donors (Lipinski definition) is 1. The van der Waals surface area contributed by atoms with Crippen LogP contribution in [0.25, 0.3) is 0 Å². The highest BCUT2D eigenvalue weighted by Gasteiger charge is 2.18. The van der Waals surface area contributed by atoms with Gasteiger partial charge in [-0.15, -0.1) is 0 Å². The van der Waals surface area contributed by atoms with Crippen molar-refractivity contribution in [3.63, 3.8) is 0 Å². The summed E-state index contributed by atoms with van der Waals surface area (Å²) in [5.41, 5.74) is 1.39. The van der Waals surface area contributed by atoms with Gasteiger partial charge in [0.05, 0.1) is 18.4 Å². The Bertz CT molecular complexity index is 619. The number of ether oxygens (including phenoxy) is 1. The number of benzene rings is 1. The van der Waals surface area contributed by atoms with Gasteiger partial charge in [-0.05, 0) is 38.1 Å². The van der Waals surface area contributed by atoms with Crippen LogP contribution >= 0.6 is 0 Å². The molecule has 1 N–H and O–H groups in total. The Morgan fingerprint density at radius 3 is 2.76 bits per heavy atom. The van der Waals surface area contributed by atoms with E-state index in [-0.39, 0.29) is 12.5 Å². The molecule has 0 aliphatic rings. The molecule has 0 fully saturated rings. The lowest BCUT2D eigenvalue weighted by Gasteiger charge is -2.13. The van der Waals surface area contributed by atoms with Crippen molar-refractivity contribution in [3.05, 3.63) is 59.5 Å². The number of hydrogen-bond acceptors (Lipinski definition) is 4. The smallest absolute Gasteiger partial charge is 0.338 e. The van der Waals surface area contributed by atoms with Crippen molar-refractivity contribution in [1.82, 2.24) is 5.32 Å². The third-order valence-corrected chi connectivity index (χ3v) is 2.92. The molecule has 1 amide bonds. The number of nitrogens with one attached hydrogen (secondary N) is 1. The van der Waals surface area contributed by atoms with Crippen LogP contribution in [-0.2, 0) is 16.1 Å². The second-order valence-electron chi connectivity index (χ2n) is 4.71. The van der Waals surface area contributed by atoms with Crippen LogP contribution in [0.2, 0.25) is 0 Å².